The summed E-state index contributed by atoms with van der Waals surface area (Å²) >= 11 is 0. The van der Waals surface area contributed by atoms with E-state index in [0.717, 1.165) is 17.0 Å². The van der Waals surface area contributed by atoms with Gasteiger partial charge in [-0.15, -0.1) is 0 Å². The first kappa shape index (κ1) is 22.3. The topological polar surface area (TPSA) is 64.4 Å². The van der Waals surface area contributed by atoms with Gasteiger partial charge in [-0.05, 0) is 61.0 Å². The highest BCUT2D eigenvalue weighted by Crippen LogP contribution is 2.25. The summed E-state index contributed by atoms with van der Waals surface area (Å²) in [5.41, 5.74) is 2.20. The predicted molar refractivity (Wildman–Crippen MR) is 124 cm³/mol. The van der Waals surface area contributed by atoms with Crippen molar-refractivity contribution in [3.8, 4) is 17.1 Å². The third kappa shape index (κ3) is 6.07. The number of rotatable bonds is 9. The Morgan fingerprint density at radius 1 is 1.06 bits per heavy atom. The van der Waals surface area contributed by atoms with E-state index < -0.39 is 0 Å². The minimum absolute atomic E-state index is 0.0915. The van der Waals surface area contributed by atoms with Crippen LogP contribution in [-0.2, 0) is 17.8 Å². The van der Waals surface area contributed by atoms with Crippen LogP contribution in [0.2, 0.25) is 0 Å². The minimum Gasteiger partial charge on any atom is -0.487 e. The van der Waals surface area contributed by atoms with Gasteiger partial charge >= 0.3 is 0 Å². The van der Waals surface area contributed by atoms with Crippen LogP contribution in [0.3, 0.4) is 0 Å². The lowest BCUT2D eigenvalue weighted by Crippen LogP contribution is -2.26. The van der Waals surface area contributed by atoms with E-state index in [1.165, 1.54) is 6.07 Å². The molecule has 1 atom stereocenters. The van der Waals surface area contributed by atoms with Gasteiger partial charge in [-0.1, -0.05) is 30.3 Å². The third-order valence-electron chi connectivity index (χ3n) is 5.25. The molecular weight excluding hydrogens is 419 g/mol. The number of amides is 1. The number of aromatic nitrogens is 1. The number of carbonyl (C=O) groups is 1. The molecule has 2 aromatic heterocycles. The third-order valence-corrected chi connectivity index (χ3v) is 5.25. The number of pyridine rings is 1. The summed E-state index contributed by atoms with van der Waals surface area (Å²) in [4.78, 5) is 16.7. The molecule has 0 aliphatic rings. The molecule has 1 N–H and O–H groups in total. The Bertz CT molecular complexity index is 1210. The first-order valence-corrected chi connectivity index (χ1v) is 10.8. The van der Waals surface area contributed by atoms with Gasteiger partial charge in [0.15, 0.2) is 0 Å². The Morgan fingerprint density at radius 2 is 1.91 bits per heavy atom. The number of ether oxygens (including phenoxy) is 1. The van der Waals surface area contributed by atoms with Crippen LogP contribution in [0.25, 0.3) is 11.3 Å². The number of benzene rings is 2. The molecule has 4 rings (SSSR count). The monoisotopic (exact) mass is 444 g/mol. The smallest absolute Gasteiger partial charge is 0.220 e. The van der Waals surface area contributed by atoms with E-state index in [-0.39, 0.29) is 24.2 Å². The van der Waals surface area contributed by atoms with E-state index in [1.54, 1.807) is 36.5 Å². The van der Waals surface area contributed by atoms with E-state index in [9.17, 15) is 9.18 Å². The van der Waals surface area contributed by atoms with Gasteiger partial charge in [0.25, 0.3) is 0 Å². The average Bonchev–Trinajstić information content (AvgIpc) is 3.31. The van der Waals surface area contributed by atoms with Gasteiger partial charge in [0, 0.05) is 19.0 Å². The number of nitrogens with zero attached hydrogens (tertiary/aromatic N) is 1. The number of furan rings is 1. The van der Waals surface area contributed by atoms with E-state index in [2.05, 4.69) is 10.3 Å². The molecule has 0 radical (unpaired) electrons. The average molecular weight is 445 g/mol. The van der Waals surface area contributed by atoms with Gasteiger partial charge in [-0.3, -0.25) is 9.78 Å². The highest BCUT2D eigenvalue weighted by atomic mass is 19.1. The molecule has 0 saturated carbocycles. The summed E-state index contributed by atoms with van der Waals surface area (Å²) in [5.74, 6) is 1.39. The lowest BCUT2D eigenvalue weighted by Gasteiger charge is -2.15. The number of nitrogens with one attached hydrogen (secondary N) is 1. The van der Waals surface area contributed by atoms with Crippen molar-refractivity contribution < 1.29 is 18.3 Å². The SMILES string of the molecule is CC(NC(=O)CCc1ccc(-c2ccccc2F)o1)c1cccc(OCc2ccccn2)c1. The zero-order valence-electron chi connectivity index (χ0n) is 18.3. The second kappa shape index (κ2) is 10.6. The van der Waals surface area contributed by atoms with Gasteiger partial charge in [0.05, 0.1) is 17.3 Å². The summed E-state index contributed by atoms with van der Waals surface area (Å²) in [7, 11) is 0. The van der Waals surface area contributed by atoms with Gasteiger partial charge < -0.3 is 14.5 Å². The maximum absolute atomic E-state index is 13.9. The van der Waals surface area contributed by atoms with Crippen LogP contribution in [-0.4, -0.2) is 10.9 Å². The first-order valence-electron chi connectivity index (χ1n) is 10.8. The second-order valence-corrected chi connectivity index (χ2v) is 7.72. The van der Waals surface area contributed by atoms with E-state index in [1.807, 2.05) is 49.4 Å². The van der Waals surface area contributed by atoms with Crippen LogP contribution in [0.1, 0.15) is 36.4 Å². The van der Waals surface area contributed by atoms with Gasteiger partial charge in [-0.25, -0.2) is 4.39 Å². The predicted octanol–water partition coefficient (Wildman–Crippen LogP) is 5.87. The molecule has 0 aliphatic heterocycles. The molecule has 33 heavy (non-hydrogen) atoms. The number of halogens is 1. The number of hydrogen-bond donors (Lipinski definition) is 1. The minimum atomic E-state index is -0.337. The molecular formula is C27H25FN2O3. The van der Waals surface area contributed by atoms with Crippen molar-refractivity contribution in [1.29, 1.82) is 0 Å². The molecule has 0 bridgehead atoms. The highest BCUT2D eigenvalue weighted by Gasteiger charge is 2.13. The molecule has 0 fully saturated rings. The Balaban J connectivity index is 1.29. The fourth-order valence-corrected chi connectivity index (χ4v) is 3.47. The van der Waals surface area contributed by atoms with Crippen LogP contribution in [0.5, 0.6) is 5.75 Å². The standard InChI is InChI=1S/C27H25FN2O3/c1-19(20-7-6-9-23(17-20)32-18-21-8-4-5-16-29-21)30-27(31)15-13-22-12-14-26(33-22)24-10-2-3-11-25(24)28/h2-12,14,16-17,19H,13,15,18H2,1H3,(H,30,31). The summed E-state index contributed by atoms with van der Waals surface area (Å²) < 4.78 is 25.5. The maximum atomic E-state index is 13.9. The van der Waals surface area contributed by atoms with E-state index in [4.69, 9.17) is 9.15 Å². The number of carbonyl (C=O) groups excluding carboxylic acids is 1. The molecule has 0 aliphatic carbocycles. The van der Waals surface area contributed by atoms with Crippen molar-refractivity contribution in [2.75, 3.05) is 0 Å². The quantitative estimate of drug-likeness (QED) is 0.351. The van der Waals surface area contributed by atoms with Crippen LogP contribution < -0.4 is 10.1 Å². The van der Waals surface area contributed by atoms with Gasteiger partial charge in [-0.2, -0.15) is 0 Å². The van der Waals surface area contributed by atoms with Crippen LogP contribution >= 0.6 is 0 Å². The highest BCUT2D eigenvalue weighted by molar-refractivity contribution is 5.76. The molecule has 1 unspecified atom stereocenters. The van der Waals surface area contributed by atoms with Crippen LogP contribution in [0, 0.1) is 5.82 Å². The van der Waals surface area contributed by atoms with Crippen LogP contribution in [0.4, 0.5) is 4.39 Å². The van der Waals surface area contributed by atoms with Crippen molar-refractivity contribution >= 4 is 5.91 Å². The maximum Gasteiger partial charge on any atom is 0.220 e. The zero-order valence-corrected chi connectivity index (χ0v) is 18.3. The molecule has 0 spiro atoms. The molecule has 0 saturated heterocycles. The first-order chi connectivity index (χ1) is 16.1. The normalized spacial score (nSPS) is 11.7. The van der Waals surface area contributed by atoms with Crippen molar-refractivity contribution in [3.05, 3.63) is 108 Å². The molecule has 6 heteroatoms. The lowest BCUT2D eigenvalue weighted by molar-refractivity contribution is -0.121. The zero-order chi connectivity index (χ0) is 23.0. The molecule has 168 valence electrons. The lowest BCUT2D eigenvalue weighted by atomic mass is 10.1. The molecule has 2 aromatic carbocycles. The van der Waals surface area contributed by atoms with Crippen LogP contribution in [0.15, 0.2) is 89.5 Å². The van der Waals surface area contributed by atoms with Crippen molar-refractivity contribution in [3.63, 3.8) is 0 Å². The Morgan fingerprint density at radius 3 is 2.73 bits per heavy atom. The molecule has 4 aromatic rings. The summed E-state index contributed by atoms with van der Waals surface area (Å²) in [6.07, 6.45) is 2.43. The Kier molecular flexibility index (Phi) is 7.15. The molecule has 5 nitrogen and oxygen atoms in total. The molecule has 2 heterocycles. The van der Waals surface area contributed by atoms with Gasteiger partial charge in [0.2, 0.25) is 5.91 Å². The van der Waals surface area contributed by atoms with E-state index in [0.29, 0.717) is 30.1 Å². The fourth-order valence-electron chi connectivity index (χ4n) is 3.47. The summed E-state index contributed by atoms with van der Waals surface area (Å²) in [6.45, 7) is 2.31. The Hall–Kier alpha value is -3.93. The van der Waals surface area contributed by atoms with Crippen molar-refractivity contribution in [2.24, 2.45) is 0 Å². The fraction of sp³-hybridized carbons (Fsp3) is 0.185. The largest absolute Gasteiger partial charge is 0.487 e. The molecule has 1 amide bonds. The summed E-state index contributed by atoms with van der Waals surface area (Å²) in [5, 5.41) is 3.01. The second-order valence-electron chi connectivity index (χ2n) is 7.72. The van der Waals surface area contributed by atoms with Crippen molar-refractivity contribution in [1.82, 2.24) is 10.3 Å². The Labute approximate surface area is 192 Å². The van der Waals surface area contributed by atoms with Gasteiger partial charge in [0.1, 0.15) is 29.7 Å². The van der Waals surface area contributed by atoms with E-state index >= 15 is 0 Å². The number of hydrogen-bond acceptors (Lipinski definition) is 4. The number of aryl methyl sites for hydroxylation is 1. The summed E-state index contributed by atoms with van der Waals surface area (Å²) in [6, 6.07) is 23.1. The van der Waals surface area contributed by atoms with Crippen molar-refractivity contribution in [2.45, 2.75) is 32.4 Å².